The number of benzene rings is 2. The van der Waals surface area contributed by atoms with Crippen LogP contribution in [0.1, 0.15) is 256 Å². The lowest BCUT2D eigenvalue weighted by Gasteiger charge is -2.61. The fourth-order valence-corrected chi connectivity index (χ4v) is 35.2. The third kappa shape index (κ3) is 11.7. The predicted molar refractivity (Wildman–Crippen MR) is 390 cm³/mol. The number of rotatable bonds is 7. The molecule has 24 atom stereocenters. The number of ether oxygens (including phenoxy) is 4. The van der Waals surface area contributed by atoms with E-state index in [-0.39, 0.29) is 36.0 Å². The lowest BCUT2D eigenvalue weighted by atomic mass is 9.44. The summed E-state index contributed by atoms with van der Waals surface area (Å²) in [6, 6.07) is 19.0. The van der Waals surface area contributed by atoms with Crippen molar-refractivity contribution in [2.45, 2.75) is 268 Å². The van der Waals surface area contributed by atoms with E-state index in [0.717, 1.165) is 129 Å². The van der Waals surface area contributed by atoms with Crippen molar-refractivity contribution in [3.63, 3.8) is 0 Å². The summed E-state index contributed by atoms with van der Waals surface area (Å²) < 4.78 is 25.4. The first-order valence-corrected chi connectivity index (χ1v) is 43.0. The minimum Gasteiger partial charge on any atom is -0.459 e. The fourth-order valence-electron chi connectivity index (χ4n) is 28.3. The molecule has 12 saturated carbocycles. The Morgan fingerprint density at radius 3 is 1.11 bits per heavy atom. The largest absolute Gasteiger partial charge is 0.459 e. The minimum atomic E-state index is -0.377. The zero-order chi connectivity index (χ0) is 65.3. The van der Waals surface area contributed by atoms with Crippen LogP contribution in [0, 0.1) is 121 Å². The molecule has 15 fully saturated rings. The van der Waals surface area contributed by atoms with Gasteiger partial charge >= 0.3 is 11.9 Å². The van der Waals surface area contributed by atoms with E-state index in [9.17, 15) is 14.7 Å². The molecule has 94 heavy (non-hydrogen) atoms. The van der Waals surface area contributed by atoms with Crippen LogP contribution < -0.4 is 0 Å². The van der Waals surface area contributed by atoms with Gasteiger partial charge in [-0.3, -0.25) is 0 Å². The van der Waals surface area contributed by atoms with E-state index >= 15 is 0 Å². The number of aliphatic hydroxyl groups excluding tert-OH is 1. The number of thioether (sulfide) groups is 4. The van der Waals surface area contributed by atoms with Crippen LogP contribution in [0.2, 0.25) is 0 Å². The summed E-state index contributed by atoms with van der Waals surface area (Å²) in [7, 11) is 0. The van der Waals surface area contributed by atoms with Gasteiger partial charge in [0.25, 0.3) is 0 Å². The molecule has 3 heterocycles. The topological polar surface area (TPSA) is 91.3 Å². The molecule has 11 heteroatoms. The second kappa shape index (κ2) is 26.2. The monoisotopic (exact) mass is 1360 g/mol. The number of carbonyl (C=O) groups is 2. The Bertz CT molecular complexity index is 2850. The molecule has 2 aromatic carbocycles. The Balaban J connectivity index is 0.000000118. The van der Waals surface area contributed by atoms with Crippen molar-refractivity contribution in [1.82, 2.24) is 0 Å². The molecule has 9 unspecified atom stereocenters. The van der Waals surface area contributed by atoms with Gasteiger partial charge in [0.15, 0.2) is 5.79 Å². The number of esters is 2. The first kappa shape index (κ1) is 68.4. The van der Waals surface area contributed by atoms with Crippen LogP contribution in [0.4, 0.5) is 0 Å². The average Bonchev–Trinajstić information content (AvgIpc) is 1.42. The van der Waals surface area contributed by atoms with Crippen LogP contribution in [0.25, 0.3) is 0 Å². The quantitative estimate of drug-likeness (QED) is 0.269. The maximum Gasteiger partial charge on any atom is 0.338 e. The summed E-state index contributed by atoms with van der Waals surface area (Å²) in [5.74, 6) is 17.4. The van der Waals surface area contributed by atoms with Crippen molar-refractivity contribution in [2.75, 3.05) is 36.2 Å². The zero-order valence-corrected chi connectivity index (χ0v) is 62.8. The zero-order valence-electron chi connectivity index (χ0n) is 59.5. The molecule has 12 aliphatic carbocycles. The van der Waals surface area contributed by atoms with Crippen molar-refractivity contribution in [2.24, 2.45) is 121 Å². The highest BCUT2D eigenvalue weighted by Crippen LogP contribution is 2.75. The van der Waals surface area contributed by atoms with E-state index < -0.39 is 0 Å². The van der Waals surface area contributed by atoms with Crippen LogP contribution in [-0.2, 0) is 18.9 Å². The summed E-state index contributed by atoms with van der Waals surface area (Å²) in [4.78, 5) is 25.3. The van der Waals surface area contributed by atoms with Gasteiger partial charge < -0.3 is 24.1 Å². The van der Waals surface area contributed by atoms with E-state index in [1.807, 2.05) is 60.7 Å². The molecule has 0 amide bonds. The average molecular weight is 1360 g/mol. The lowest BCUT2D eigenvalue weighted by Crippen LogP contribution is -2.55. The van der Waals surface area contributed by atoms with Gasteiger partial charge in [0.2, 0.25) is 0 Å². The molecule has 15 aliphatic rings. The number of carbonyl (C=O) groups excluding carboxylic acids is 2. The standard InChI is InChI=1S/C30H42O4.C30H42O2S2.C23H38OS2/c1-28-15-13-22(34-27(31)20-7-5-4-6-8-20)19-21(28)9-10-23-24-11-12-26(30(3)32-17-18-33-30)29(24,2)16-14-25(23)28;1-28-15-13-22(32-27(31)20-7-5-4-6-8-20)19-21(28)9-10-23-24-11-12-26(30(3)33-17-18-34-30)29(24,2)16-14-25(23)28;1-21-10-8-16(24)14-15(21)4-5-17-18-6-7-20(23(3)25-12-13-26-23)22(18,2)11-9-19(17)21/h2*4-8,21-26H,9-19H2,1-3H3;15-20,24H,4-14H2,1-3H3/t2*21-,22+,23?,24?,25?,26-,28-,29-;15-,16+,17?,18?,19?,20-,21-,22-/m000/s1. The molecule has 0 bridgehead atoms. The Morgan fingerprint density at radius 2 is 0.713 bits per heavy atom. The van der Waals surface area contributed by atoms with Gasteiger partial charge in [0, 0.05) is 28.9 Å². The smallest absolute Gasteiger partial charge is 0.338 e. The maximum absolute atomic E-state index is 12.7. The van der Waals surface area contributed by atoms with Gasteiger partial charge in [-0.15, -0.1) is 47.0 Å². The summed E-state index contributed by atoms with van der Waals surface area (Å²) in [5.41, 5.74) is 4.21. The molecule has 0 aromatic heterocycles. The molecule has 3 saturated heterocycles. The molecule has 0 radical (unpaired) electrons. The van der Waals surface area contributed by atoms with Crippen LogP contribution in [0.3, 0.4) is 0 Å². The molecule has 2 aromatic rings. The summed E-state index contributed by atoms with van der Waals surface area (Å²) in [6.45, 7) is 24.7. The van der Waals surface area contributed by atoms with Crippen molar-refractivity contribution in [3.05, 3.63) is 71.8 Å². The summed E-state index contributed by atoms with van der Waals surface area (Å²) in [6.07, 6.45) is 35.4. The molecule has 7 nitrogen and oxygen atoms in total. The molecular formula is C83H122O7S4. The second-order valence-electron chi connectivity index (χ2n) is 36.4. The molecule has 0 spiro atoms. The highest BCUT2D eigenvalue weighted by molar-refractivity contribution is 8.21. The number of fused-ring (bicyclic) bond motifs is 15. The number of hydrogen-bond acceptors (Lipinski definition) is 11. The Kier molecular flexibility index (Phi) is 19.1. The van der Waals surface area contributed by atoms with Crippen LogP contribution in [0.15, 0.2) is 60.7 Å². The Labute approximate surface area is 585 Å². The van der Waals surface area contributed by atoms with Gasteiger partial charge in [0.05, 0.1) is 38.6 Å². The Hall–Kier alpha value is -1.34. The highest BCUT2D eigenvalue weighted by Gasteiger charge is 2.67. The van der Waals surface area contributed by atoms with Gasteiger partial charge in [-0.25, -0.2) is 9.59 Å². The van der Waals surface area contributed by atoms with E-state index in [4.69, 9.17) is 18.9 Å². The van der Waals surface area contributed by atoms with Crippen LogP contribution in [-0.4, -0.2) is 85.5 Å². The fraction of sp³-hybridized carbons (Fsp3) is 0.831. The molecule has 17 rings (SSSR count). The van der Waals surface area contributed by atoms with E-state index in [1.54, 1.807) is 0 Å². The highest BCUT2D eigenvalue weighted by atomic mass is 32.2. The normalized spacial score (nSPS) is 48.1. The van der Waals surface area contributed by atoms with E-state index in [1.165, 1.54) is 158 Å². The van der Waals surface area contributed by atoms with Gasteiger partial charge in [0.1, 0.15) is 12.2 Å². The molecule has 520 valence electrons. The van der Waals surface area contributed by atoms with E-state index in [0.29, 0.717) is 63.6 Å². The van der Waals surface area contributed by atoms with Crippen molar-refractivity contribution in [1.29, 1.82) is 0 Å². The number of aliphatic hydroxyl groups is 1. The minimum absolute atomic E-state index is 0.00860. The SMILES string of the molecule is CC1([C@H]2CCC3C4CC[C@H]5C[C@H](O)CC[C@]5(C)C4CC[C@@]32C)SCCS1.CC1([C@H]2CCC3C4CC[C@H]5C[C@H](OC(=O)c6ccccc6)CC[C@]5(C)C4CC[C@@]32C)OCCO1.CC1([C@H]2CCC3C4CC[C@H]5C[C@H](OC(=O)c6ccccc6)CC[C@]5(C)C4CC[C@@]32C)SCCS1. The first-order valence-electron chi connectivity index (χ1n) is 39.1. The van der Waals surface area contributed by atoms with Gasteiger partial charge in [-0.2, -0.15) is 0 Å². The molecule has 1 N–H and O–H groups in total. The van der Waals surface area contributed by atoms with Crippen LogP contribution >= 0.6 is 47.0 Å². The summed E-state index contributed by atoms with van der Waals surface area (Å²) in [5, 5.41) is 10.2. The molecule has 3 aliphatic heterocycles. The van der Waals surface area contributed by atoms with Gasteiger partial charge in [-0.05, 0) is 334 Å². The lowest BCUT2D eigenvalue weighted by molar-refractivity contribution is -0.218. The third-order valence-corrected chi connectivity index (χ3v) is 39.9. The van der Waals surface area contributed by atoms with E-state index in [2.05, 4.69) is 109 Å². The third-order valence-electron chi connectivity index (χ3n) is 32.9. The second-order valence-corrected chi connectivity index (χ2v) is 43.1. The number of hydrogen-bond donors (Lipinski definition) is 1. The molecular weight excluding hydrogens is 1240 g/mol. The van der Waals surface area contributed by atoms with Crippen molar-refractivity contribution < 1.29 is 33.6 Å². The predicted octanol–water partition coefficient (Wildman–Crippen LogP) is 20.9. The maximum atomic E-state index is 12.7. The van der Waals surface area contributed by atoms with Crippen molar-refractivity contribution in [3.8, 4) is 0 Å². The summed E-state index contributed by atoms with van der Waals surface area (Å²) >= 11 is 9.09. The van der Waals surface area contributed by atoms with Gasteiger partial charge in [-0.1, -0.05) is 77.9 Å². The first-order chi connectivity index (χ1) is 45.0. The Morgan fingerprint density at radius 1 is 0.383 bits per heavy atom. The van der Waals surface area contributed by atoms with Crippen molar-refractivity contribution >= 4 is 59.0 Å². The van der Waals surface area contributed by atoms with Crippen LogP contribution in [0.5, 0.6) is 0 Å².